The van der Waals surface area contributed by atoms with Gasteiger partial charge >= 0.3 is 0 Å². The molecule has 1 fully saturated rings. The molecule has 0 bridgehead atoms. The molecule has 3 N–H and O–H groups in total. The number of aliphatic hydroxyl groups is 1. The van der Waals surface area contributed by atoms with Crippen molar-refractivity contribution in [2.75, 3.05) is 6.61 Å². The van der Waals surface area contributed by atoms with Gasteiger partial charge in [0.2, 0.25) is 0 Å². The highest BCUT2D eigenvalue weighted by Crippen LogP contribution is 2.41. The molecule has 0 heterocycles. The molecule has 0 aromatic heterocycles. The van der Waals surface area contributed by atoms with Crippen molar-refractivity contribution in [2.24, 2.45) is 11.7 Å². The van der Waals surface area contributed by atoms with Gasteiger partial charge in [-0.15, -0.1) is 0 Å². The Bertz CT molecular complexity index is 862. The number of aliphatic hydroxyl groups excluding tert-OH is 1. The molecule has 0 saturated heterocycles. The van der Waals surface area contributed by atoms with Crippen LogP contribution in [0.5, 0.6) is 5.75 Å². The number of ether oxygens (including phenoxy) is 1. The van der Waals surface area contributed by atoms with Crippen LogP contribution in [0.4, 0.5) is 0 Å². The molecule has 1 saturated carbocycles. The van der Waals surface area contributed by atoms with Crippen LogP contribution >= 0.6 is 0 Å². The molecular weight excluding hydrogens is 358 g/mol. The second-order valence-corrected chi connectivity index (χ2v) is 9.03. The quantitative estimate of drug-likeness (QED) is 0.660. The molecule has 3 nitrogen and oxygen atoms in total. The highest BCUT2D eigenvalue weighted by Gasteiger charge is 2.36. The van der Waals surface area contributed by atoms with E-state index in [2.05, 4.69) is 36.9 Å². The maximum Gasteiger partial charge on any atom is 0.129 e. The summed E-state index contributed by atoms with van der Waals surface area (Å²) in [5.41, 5.74) is 11.6. The highest BCUT2D eigenvalue weighted by atomic mass is 16.5. The van der Waals surface area contributed by atoms with E-state index in [4.69, 9.17) is 10.5 Å². The Kier molecular flexibility index (Phi) is 6.07. The van der Waals surface area contributed by atoms with Gasteiger partial charge in [0.1, 0.15) is 5.75 Å². The number of benzene rings is 2. The van der Waals surface area contributed by atoms with Crippen molar-refractivity contribution in [3.05, 3.63) is 77.6 Å². The normalized spacial score (nSPS) is 26.1. The van der Waals surface area contributed by atoms with Crippen molar-refractivity contribution < 1.29 is 9.84 Å². The number of hydrogen-bond acceptors (Lipinski definition) is 3. The summed E-state index contributed by atoms with van der Waals surface area (Å²) in [7, 11) is 0. The summed E-state index contributed by atoms with van der Waals surface area (Å²) in [6.45, 7) is 3.77. The number of hydrogen-bond donors (Lipinski definition) is 2. The number of nitrogens with two attached hydrogens (primary N) is 1. The molecule has 0 unspecified atom stereocenters. The number of aryl methyl sites for hydroxylation is 2. The Morgan fingerprint density at radius 2 is 2.03 bits per heavy atom. The van der Waals surface area contributed by atoms with Gasteiger partial charge in [-0.1, -0.05) is 43.0 Å². The smallest absolute Gasteiger partial charge is 0.129 e. The predicted octanol–water partition coefficient (Wildman–Crippen LogP) is 4.90. The molecule has 2 aliphatic rings. The van der Waals surface area contributed by atoms with Crippen LogP contribution in [0, 0.1) is 5.92 Å². The van der Waals surface area contributed by atoms with Gasteiger partial charge in [-0.25, -0.2) is 0 Å². The molecule has 3 atom stereocenters. The first-order valence-corrected chi connectivity index (χ1v) is 11.0. The minimum atomic E-state index is -0.378. The van der Waals surface area contributed by atoms with Gasteiger partial charge in [-0.05, 0) is 91.5 Å². The van der Waals surface area contributed by atoms with Crippen LogP contribution < -0.4 is 10.5 Å². The molecular formula is C26H33NO2. The maximum absolute atomic E-state index is 9.55. The molecule has 0 aliphatic heterocycles. The Hall–Kier alpha value is -2.10. The van der Waals surface area contributed by atoms with E-state index in [0.29, 0.717) is 5.92 Å². The molecule has 2 aliphatic carbocycles. The monoisotopic (exact) mass is 391 g/mol. The Morgan fingerprint density at radius 3 is 2.83 bits per heavy atom. The highest BCUT2D eigenvalue weighted by molar-refractivity contribution is 5.37. The van der Waals surface area contributed by atoms with Crippen molar-refractivity contribution in [1.29, 1.82) is 0 Å². The summed E-state index contributed by atoms with van der Waals surface area (Å²) < 4.78 is 5.56. The predicted molar refractivity (Wildman–Crippen MR) is 118 cm³/mol. The summed E-state index contributed by atoms with van der Waals surface area (Å²) >= 11 is 0. The third-order valence-corrected chi connectivity index (χ3v) is 7.00. The summed E-state index contributed by atoms with van der Waals surface area (Å²) in [6, 6.07) is 15.4. The van der Waals surface area contributed by atoms with Crippen LogP contribution in [0.2, 0.25) is 0 Å². The van der Waals surface area contributed by atoms with Gasteiger partial charge in [0.15, 0.2) is 0 Å². The maximum atomic E-state index is 9.55. The third kappa shape index (κ3) is 4.57. The summed E-state index contributed by atoms with van der Waals surface area (Å²) in [5.74, 6) is 2.15. The fourth-order valence-corrected chi connectivity index (χ4v) is 5.21. The van der Waals surface area contributed by atoms with Crippen LogP contribution in [0.15, 0.2) is 55.3 Å². The first-order chi connectivity index (χ1) is 14.1. The lowest BCUT2D eigenvalue weighted by molar-refractivity contribution is 0.198. The Morgan fingerprint density at radius 1 is 1.17 bits per heavy atom. The summed E-state index contributed by atoms with van der Waals surface area (Å²) in [6.07, 6.45) is 10.2. The van der Waals surface area contributed by atoms with Crippen LogP contribution in [0.1, 0.15) is 60.3 Å². The standard InChI is InChI=1S/C26H33NO2/c1-2-29-25-6-4-3-5-20(25)9-7-19-8-10-22-16-23(12-11-21(22)15-19)24-13-14-26(27,17-24)18-28/h2-6,11-12,16,19,24,28H,1,7-10,13-15,17-18,27H2/t19-,24-,26+/m0/s1. The molecule has 4 rings (SSSR count). The lowest BCUT2D eigenvalue weighted by atomic mass is 9.79. The van der Waals surface area contributed by atoms with Gasteiger partial charge in [-0.2, -0.15) is 0 Å². The van der Waals surface area contributed by atoms with E-state index in [1.54, 1.807) is 0 Å². The Balaban J connectivity index is 1.38. The van der Waals surface area contributed by atoms with Crippen molar-refractivity contribution >= 4 is 0 Å². The molecule has 0 spiro atoms. The molecule has 3 heteroatoms. The topological polar surface area (TPSA) is 55.5 Å². The Labute approximate surface area is 174 Å². The van der Waals surface area contributed by atoms with Crippen molar-refractivity contribution in [1.82, 2.24) is 0 Å². The lowest BCUT2D eigenvalue weighted by Gasteiger charge is -2.26. The fraction of sp³-hybridized carbons (Fsp3) is 0.462. The van der Waals surface area contributed by atoms with Crippen LogP contribution in [-0.2, 0) is 19.3 Å². The van der Waals surface area contributed by atoms with Gasteiger partial charge in [0.05, 0.1) is 12.9 Å². The van der Waals surface area contributed by atoms with Gasteiger partial charge in [-0.3, -0.25) is 0 Å². The number of fused-ring (bicyclic) bond motifs is 1. The first kappa shape index (κ1) is 20.2. The first-order valence-electron chi connectivity index (χ1n) is 11.0. The second-order valence-electron chi connectivity index (χ2n) is 9.03. The average Bonchev–Trinajstić information content (AvgIpc) is 3.16. The van der Waals surface area contributed by atoms with Gasteiger partial charge in [0, 0.05) is 5.54 Å². The average molecular weight is 392 g/mol. The van der Waals surface area contributed by atoms with Crippen LogP contribution in [0.25, 0.3) is 0 Å². The van der Waals surface area contributed by atoms with Crippen LogP contribution in [-0.4, -0.2) is 17.3 Å². The SMILES string of the molecule is C=COc1ccccc1CC[C@H]1CCc2cc([C@H]3CC[C@](N)(CO)C3)ccc2C1. The zero-order chi connectivity index (χ0) is 20.3. The van der Waals surface area contributed by atoms with Crippen LogP contribution in [0.3, 0.4) is 0 Å². The summed E-state index contributed by atoms with van der Waals surface area (Å²) in [4.78, 5) is 0. The van der Waals surface area contributed by atoms with Gasteiger partial charge in [0.25, 0.3) is 0 Å². The second kappa shape index (κ2) is 8.73. The minimum absolute atomic E-state index is 0.0943. The number of rotatable bonds is 7. The van der Waals surface area contributed by atoms with E-state index >= 15 is 0 Å². The van der Waals surface area contributed by atoms with E-state index in [1.807, 2.05) is 12.1 Å². The van der Waals surface area contributed by atoms with E-state index in [-0.39, 0.29) is 12.1 Å². The largest absolute Gasteiger partial charge is 0.465 e. The van der Waals surface area contributed by atoms with Crippen molar-refractivity contribution in [3.8, 4) is 5.75 Å². The van der Waals surface area contributed by atoms with Crippen molar-refractivity contribution in [3.63, 3.8) is 0 Å². The number of para-hydroxylation sites is 1. The van der Waals surface area contributed by atoms with Crippen molar-refractivity contribution in [2.45, 2.75) is 62.8 Å². The molecule has 154 valence electrons. The molecule has 2 aromatic rings. The van der Waals surface area contributed by atoms with Gasteiger partial charge < -0.3 is 15.6 Å². The fourth-order valence-electron chi connectivity index (χ4n) is 5.21. The molecule has 2 aromatic carbocycles. The molecule has 0 amide bonds. The molecule has 0 radical (unpaired) electrons. The van der Waals surface area contributed by atoms with E-state index in [1.165, 1.54) is 54.2 Å². The van der Waals surface area contributed by atoms with E-state index in [9.17, 15) is 5.11 Å². The third-order valence-electron chi connectivity index (χ3n) is 7.00. The zero-order valence-corrected chi connectivity index (χ0v) is 17.3. The summed E-state index contributed by atoms with van der Waals surface area (Å²) in [5, 5.41) is 9.55. The molecule has 29 heavy (non-hydrogen) atoms. The zero-order valence-electron chi connectivity index (χ0n) is 17.3. The minimum Gasteiger partial charge on any atom is -0.465 e. The van der Waals surface area contributed by atoms with E-state index in [0.717, 1.165) is 37.4 Å². The lowest BCUT2D eigenvalue weighted by Crippen LogP contribution is -2.40. The van der Waals surface area contributed by atoms with E-state index < -0.39 is 0 Å².